The molecule has 0 aliphatic carbocycles. The molecule has 0 saturated carbocycles. The fourth-order valence-corrected chi connectivity index (χ4v) is 4.45. The van der Waals surface area contributed by atoms with Gasteiger partial charge in [-0.25, -0.2) is 0 Å². The zero-order chi connectivity index (χ0) is 21.8. The van der Waals surface area contributed by atoms with Gasteiger partial charge in [-0.3, -0.25) is 9.67 Å². The first kappa shape index (κ1) is 22.5. The van der Waals surface area contributed by atoms with Gasteiger partial charge in [0.05, 0.1) is 5.69 Å². The van der Waals surface area contributed by atoms with Crippen LogP contribution in [-0.2, 0) is 13.5 Å². The Hall–Kier alpha value is -2.21. The Morgan fingerprint density at radius 2 is 2.10 bits per heavy atom. The maximum absolute atomic E-state index is 6.21. The van der Waals surface area contributed by atoms with Gasteiger partial charge >= 0.3 is 0 Å². The van der Waals surface area contributed by atoms with Crippen molar-refractivity contribution < 1.29 is 0 Å². The molecule has 1 fully saturated rings. The van der Waals surface area contributed by atoms with E-state index in [0.29, 0.717) is 5.92 Å². The summed E-state index contributed by atoms with van der Waals surface area (Å²) in [6.07, 6.45) is 2.09. The Balaban J connectivity index is 1.50. The summed E-state index contributed by atoms with van der Waals surface area (Å²) in [4.78, 5) is 6.87. The van der Waals surface area contributed by atoms with E-state index in [1.807, 2.05) is 24.8 Å². The molecular formula is C23H35ClN6. The highest BCUT2D eigenvalue weighted by Crippen LogP contribution is 2.29. The molecule has 164 valence electrons. The Kier molecular flexibility index (Phi) is 7.29. The van der Waals surface area contributed by atoms with Crippen LogP contribution in [0.5, 0.6) is 0 Å². The van der Waals surface area contributed by atoms with E-state index in [1.165, 1.54) is 28.9 Å². The number of hydrogen-bond donors (Lipinski definition) is 2. The van der Waals surface area contributed by atoms with E-state index in [-0.39, 0.29) is 6.04 Å². The quantitative estimate of drug-likeness (QED) is 0.542. The second-order valence-corrected chi connectivity index (χ2v) is 8.94. The van der Waals surface area contributed by atoms with E-state index in [0.717, 1.165) is 42.7 Å². The number of nitrogens with zero attached hydrogens (tertiary/aromatic N) is 4. The van der Waals surface area contributed by atoms with Gasteiger partial charge in [0.2, 0.25) is 0 Å². The average molecular weight is 431 g/mol. The molecular weight excluding hydrogens is 396 g/mol. The Labute approximate surface area is 185 Å². The minimum Gasteiger partial charge on any atom is -0.371 e. The molecule has 0 amide bonds. The average Bonchev–Trinajstić information content (AvgIpc) is 3.27. The second kappa shape index (κ2) is 9.73. The molecule has 7 heteroatoms. The molecule has 6 nitrogen and oxygen atoms in total. The fraction of sp³-hybridized carbons (Fsp3) is 0.565. The lowest BCUT2D eigenvalue weighted by Gasteiger charge is -2.22. The molecule has 0 bridgehead atoms. The van der Waals surface area contributed by atoms with Crippen LogP contribution in [0, 0.1) is 26.7 Å². The summed E-state index contributed by atoms with van der Waals surface area (Å²) in [5.41, 5.74) is 6.18. The minimum absolute atomic E-state index is 0.270. The first-order valence-corrected chi connectivity index (χ1v) is 11.1. The van der Waals surface area contributed by atoms with Crippen molar-refractivity contribution in [3.8, 4) is 0 Å². The minimum atomic E-state index is 0.270. The molecule has 2 aromatic rings. The SMILES string of the molecule is CN=C(NCC1CCN(c2cc(Cl)ccc2C)C1)NC(C)Cc1c(C)nn(C)c1C. The van der Waals surface area contributed by atoms with Crippen LogP contribution in [0.3, 0.4) is 0 Å². The van der Waals surface area contributed by atoms with Gasteiger partial charge < -0.3 is 15.5 Å². The van der Waals surface area contributed by atoms with Crippen molar-refractivity contribution in [1.82, 2.24) is 20.4 Å². The van der Waals surface area contributed by atoms with Crippen LogP contribution in [-0.4, -0.2) is 48.5 Å². The van der Waals surface area contributed by atoms with Gasteiger partial charge in [-0.05, 0) is 69.7 Å². The molecule has 1 aromatic carbocycles. The maximum Gasteiger partial charge on any atom is 0.191 e. The summed E-state index contributed by atoms with van der Waals surface area (Å²) >= 11 is 6.21. The van der Waals surface area contributed by atoms with Crippen LogP contribution in [0.25, 0.3) is 0 Å². The lowest BCUT2D eigenvalue weighted by atomic mass is 10.1. The van der Waals surface area contributed by atoms with Crippen molar-refractivity contribution in [1.29, 1.82) is 0 Å². The molecule has 30 heavy (non-hydrogen) atoms. The third-order valence-electron chi connectivity index (χ3n) is 6.13. The van der Waals surface area contributed by atoms with Crippen molar-refractivity contribution in [2.24, 2.45) is 18.0 Å². The zero-order valence-electron chi connectivity index (χ0n) is 19.1. The Morgan fingerprint density at radius 1 is 1.33 bits per heavy atom. The summed E-state index contributed by atoms with van der Waals surface area (Å²) in [7, 11) is 3.83. The summed E-state index contributed by atoms with van der Waals surface area (Å²) in [5, 5.41) is 12.4. The van der Waals surface area contributed by atoms with Crippen molar-refractivity contribution in [3.05, 3.63) is 45.7 Å². The normalized spacial score (nSPS) is 18.0. The largest absolute Gasteiger partial charge is 0.371 e. The molecule has 1 aliphatic heterocycles. The highest BCUT2D eigenvalue weighted by atomic mass is 35.5. The molecule has 1 aliphatic rings. The summed E-state index contributed by atoms with van der Waals surface area (Å²) < 4.78 is 1.96. The van der Waals surface area contributed by atoms with E-state index in [4.69, 9.17) is 11.6 Å². The number of benzene rings is 1. The van der Waals surface area contributed by atoms with Crippen molar-refractivity contribution in [3.63, 3.8) is 0 Å². The number of anilines is 1. The highest BCUT2D eigenvalue weighted by molar-refractivity contribution is 6.30. The van der Waals surface area contributed by atoms with Gasteiger partial charge in [-0.1, -0.05) is 17.7 Å². The standard InChI is InChI=1S/C23H35ClN6/c1-15-7-8-20(24)12-22(15)30-10-9-19(14-30)13-26-23(25-5)27-16(2)11-21-17(3)28-29(6)18(21)4/h7-8,12,16,19H,9-11,13-14H2,1-6H3,(H2,25,26,27). The second-order valence-electron chi connectivity index (χ2n) is 8.51. The van der Waals surface area contributed by atoms with E-state index in [2.05, 4.69) is 65.5 Å². The lowest BCUT2D eigenvalue weighted by molar-refractivity contribution is 0.556. The summed E-state index contributed by atoms with van der Waals surface area (Å²) in [6.45, 7) is 11.6. The van der Waals surface area contributed by atoms with Gasteiger partial charge in [0.25, 0.3) is 0 Å². The topological polar surface area (TPSA) is 57.5 Å². The van der Waals surface area contributed by atoms with E-state index < -0.39 is 0 Å². The van der Waals surface area contributed by atoms with Crippen molar-refractivity contribution in [2.45, 2.75) is 46.6 Å². The molecule has 1 aromatic heterocycles. The summed E-state index contributed by atoms with van der Waals surface area (Å²) in [6, 6.07) is 6.41. The zero-order valence-corrected chi connectivity index (χ0v) is 19.8. The van der Waals surface area contributed by atoms with Gasteiger partial charge in [0, 0.05) is 56.2 Å². The third-order valence-corrected chi connectivity index (χ3v) is 6.37. The van der Waals surface area contributed by atoms with Crippen molar-refractivity contribution >= 4 is 23.2 Å². The van der Waals surface area contributed by atoms with Gasteiger partial charge in [-0.15, -0.1) is 0 Å². The number of rotatable bonds is 6. The predicted molar refractivity (Wildman–Crippen MR) is 127 cm³/mol. The monoisotopic (exact) mass is 430 g/mol. The van der Waals surface area contributed by atoms with Crippen LogP contribution in [0.15, 0.2) is 23.2 Å². The third kappa shape index (κ3) is 5.28. The number of hydrogen-bond acceptors (Lipinski definition) is 3. The van der Waals surface area contributed by atoms with Gasteiger partial charge in [0.15, 0.2) is 5.96 Å². The van der Waals surface area contributed by atoms with E-state index in [1.54, 1.807) is 0 Å². The Morgan fingerprint density at radius 3 is 2.77 bits per heavy atom. The van der Waals surface area contributed by atoms with Crippen molar-refractivity contribution in [2.75, 3.05) is 31.6 Å². The molecule has 0 spiro atoms. The molecule has 1 saturated heterocycles. The maximum atomic E-state index is 6.21. The van der Waals surface area contributed by atoms with Crippen LogP contribution < -0.4 is 15.5 Å². The molecule has 3 rings (SSSR count). The van der Waals surface area contributed by atoms with Gasteiger partial charge in [-0.2, -0.15) is 5.10 Å². The number of nitrogens with one attached hydrogen (secondary N) is 2. The molecule has 2 unspecified atom stereocenters. The molecule has 2 heterocycles. The van der Waals surface area contributed by atoms with E-state index in [9.17, 15) is 0 Å². The fourth-order valence-electron chi connectivity index (χ4n) is 4.28. The smallest absolute Gasteiger partial charge is 0.191 e. The first-order valence-electron chi connectivity index (χ1n) is 10.8. The molecule has 0 radical (unpaired) electrons. The predicted octanol–water partition coefficient (Wildman–Crippen LogP) is 3.62. The Bertz CT molecular complexity index is 903. The number of guanidine groups is 1. The van der Waals surface area contributed by atoms with E-state index >= 15 is 0 Å². The van der Waals surface area contributed by atoms with Crippen LogP contribution >= 0.6 is 11.6 Å². The highest BCUT2D eigenvalue weighted by Gasteiger charge is 2.24. The lowest BCUT2D eigenvalue weighted by Crippen LogP contribution is -2.45. The van der Waals surface area contributed by atoms with Crippen LogP contribution in [0.1, 0.15) is 35.9 Å². The summed E-state index contributed by atoms with van der Waals surface area (Å²) in [5.74, 6) is 1.44. The number of halogens is 1. The number of aryl methyl sites for hydroxylation is 3. The molecule has 2 atom stereocenters. The van der Waals surface area contributed by atoms with Crippen LogP contribution in [0.2, 0.25) is 5.02 Å². The number of aromatic nitrogens is 2. The molecule has 2 N–H and O–H groups in total. The van der Waals surface area contributed by atoms with Gasteiger partial charge in [0.1, 0.15) is 0 Å². The first-order chi connectivity index (χ1) is 14.3. The van der Waals surface area contributed by atoms with Crippen LogP contribution in [0.4, 0.5) is 5.69 Å². The number of aliphatic imine (C=N–C) groups is 1.